The quantitative estimate of drug-likeness (QED) is 0.837. The molecule has 0 bridgehead atoms. The molecule has 0 radical (unpaired) electrons. The normalized spacial score (nSPS) is 27.8. The van der Waals surface area contributed by atoms with E-state index in [1.54, 1.807) is 21.3 Å². The third-order valence-electron chi connectivity index (χ3n) is 4.10. The fraction of sp³-hybridized carbons (Fsp3) is 0.643. The van der Waals surface area contributed by atoms with Gasteiger partial charge in [0.15, 0.2) is 23.2 Å². The molecule has 0 amide bonds. The van der Waals surface area contributed by atoms with Crippen molar-refractivity contribution in [2.24, 2.45) is 0 Å². The Balaban J connectivity index is 2.07. The van der Waals surface area contributed by atoms with E-state index < -0.39 is 6.23 Å². The molecule has 1 saturated heterocycles. The summed E-state index contributed by atoms with van der Waals surface area (Å²) >= 11 is 0. The summed E-state index contributed by atoms with van der Waals surface area (Å²) in [5.41, 5.74) is 7.04. The van der Waals surface area contributed by atoms with Crippen molar-refractivity contribution in [1.29, 1.82) is 0 Å². The van der Waals surface area contributed by atoms with Gasteiger partial charge in [-0.05, 0) is 6.92 Å². The highest BCUT2D eigenvalue weighted by atomic mass is 16.6. The summed E-state index contributed by atoms with van der Waals surface area (Å²) in [6.45, 7) is 2.26. The van der Waals surface area contributed by atoms with Crippen molar-refractivity contribution >= 4 is 17.0 Å². The zero-order chi connectivity index (χ0) is 16.6. The van der Waals surface area contributed by atoms with Crippen LogP contribution in [0.5, 0.6) is 0 Å². The molecule has 0 aromatic carbocycles. The SMILES string of the molecule is COCC1OC(n2c(C)nc3c(N)ncnc32)C(OC)C1OC. The van der Waals surface area contributed by atoms with Crippen molar-refractivity contribution in [3.8, 4) is 0 Å². The summed E-state index contributed by atoms with van der Waals surface area (Å²) in [7, 11) is 4.88. The van der Waals surface area contributed by atoms with E-state index in [1.807, 2.05) is 11.5 Å². The number of fused-ring (bicyclic) bond motifs is 1. The number of aromatic nitrogens is 4. The van der Waals surface area contributed by atoms with E-state index in [4.69, 9.17) is 24.7 Å². The van der Waals surface area contributed by atoms with Gasteiger partial charge in [-0.2, -0.15) is 0 Å². The highest BCUT2D eigenvalue weighted by Crippen LogP contribution is 2.36. The molecule has 4 atom stereocenters. The monoisotopic (exact) mass is 323 g/mol. The predicted molar refractivity (Wildman–Crippen MR) is 81.9 cm³/mol. The molecule has 2 N–H and O–H groups in total. The van der Waals surface area contributed by atoms with Gasteiger partial charge in [-0.1, -0.05) is 0 Å². The largest absolute Gasteiger partial charge is 0.382 e. The van der Waals surface area contributed by atoms with Crippen molar-refractivity contribution in [2.75, 3.05) is 33.7 Å². The first-order valence-electron chi connectivity index (χ1n) is 7.27. The molecular formula is C14H21N5O4. The summed E-state index contributed by atoms with van der Waals surface area (Å²) in [6.07, 6.45) is 0.126. The maximum Gasteiger partial charge on any atom is 0.167 e. The number of ether oxygens (including phenoxy) is 4. The number of hydrogen-bond donors (Lipinski definition) is 1. The van der Waals surface area contributed by atoms with Gasteiger partial charge in [0.2, 0.25) is 0 Å². The molecule has 23 heavy (non-hydrogen) atoms. The summed E-state index contributed by atoms with van der Waals surface area (Å²) in [4.78, 5) is 12.7. The Labute approximate surface area is 133 Å². The molecule has 1 aliphatic rings. The van der Waals surface area contributed by atoms with E-state index in [2.05, 4.69) is 15.0 Å². The van der Waals surface area contributed by atoms with E-state index in [1.165, 1.54) is 6.33 Å². The number of nitrogens with zero attached hydrogens (tertiary/aromatic N) is 4. The van der Waals surface area contributed by atoms with Crippen molar-refractivity contribution in [3.63, 3.8) is 0 Å². The first-order valence-corrected chi connectivity index (χ1v) is 7.27. The Morgan fingerprint density at radius 1 is 1.22 bits per heavy atom. The minimum absolute atomic E-state index is 0.254. The number of imidazole rings is 1. The van der Waals surface area contributed by atoms with E-state index >= 15 is 0 Å². The highest BCUT2D eigenvalue weighted by molar-refractivity contribution is 5.81. The van der Waals surface area contributed by atoms with Gasteiger partial charge in [0.25, 0.3) is 0 Å². The molecule has 2 aromatic rings. The van der Waals surface area contributed by atoms with Crippen molar-refractivity contribution in [3.05, 3.63) is 12.2 Å². The van der Waals surface area contributed by atoms with E-state index in [9.17, 15) is 0 Å². The Hall–Kier alpha value is -1.81. The molecule has 3 rings (SSSR count). The molecular weight excluding hydrogens is 302 g/mol. The third kappa shape index (κ3) is 2.55. The second-order valence-electron chi connectivity index (χ2n) is 5.38. The number of hydrogen-bond acceptors (Lipinski definition) is 8. The Kier molecular flexibility index (Phi) is 4.44. The Morgan fingerprint density at radius 3 is 2.61 bits per heavy atom. The van der Waals surface area contributed by atoms with Crippen LogP contribution in [-0.2, 0) is 18.9 Å². The lowest BCUT2D eigenvalue weighted by molar-refractivity contribution is -0.0644. The van der Waals surface area contributed by atoms with Gasteiger partial charge in [0.1, 0.15) is 30.5 Å². The number of nitrogens with two attached hydrogens (primary N) is 1. The number of nitrogen functional groups attached to an aromatic ring is 1. The van der Waals surface area contributed by atoms with E-state index in [0.29, 0.717) is 29.4 Å². The number of rotatable bonds is 5. The topological polar surface area (TPSA) is 107 Å². The zero-order valence-corrected chi connectivity index (χ0v) is 13.6. The minimum Gasteiger partial charge on any atom is -0.382 e. The minimum atomic E-state index is -0.440. The van der Waals surface area contributed by atoms with Crippen LogP contribution >= 0.6 is 0 Å². The van der Waals surface area contributed by atoms with Crippen molar-refractivity contribution in [2.45, 2.75) is 31.5 Å². The lowest BCUT2D eigenvalue weighted by Gasteiger charge is -2.22. The van der Waals surface area contributed by atoms with Crippen LogP contribution < -0.4 is 5.73 Å². The number of aryl methyl sites for hydroxylation is 1. The van der Waals surface area contributed by atoms with Crippen LogP contribution in [-0.4, -0.2) is 65.8 Å². The maximum atomic E-state index is 6.13. The number of anilines is 1. The third-order valence-corrected chi connectivity index (χ3v) is 4.10. The van der Waals surface area contributed by atoms with Gasteiger partial charge < -0.3 is 24.7 Å². The average molecular weight is 323 g/mol. The Bertz CT molecular complexity index is 691. The standard InChI is InChI=1S/C14H21N5O4/c1-7-18-9-12(15)16-6-17-13(9)19(7)14-11(22-4)10(21-3)8(23-14)5-20-2/h6,8,10-11,14H,5H2,1-4H3,(H2,15,16,17). The summed E-state index contributed by atoms with van der Waals surface area (Å²) in [6, 6.07) is 0. The summed E-state index contributed by atoms with van der Waals surface area (Å²) < 4.78 is 24.4. The van der Waals surface area contributed by atoms with Gasteiger partial charge in [-0.3, -0.25) is 4.57 Å². The van der Waals surface area contributed by atoms with Crippen LogP contribution in [0.1, 0.15) is 12.1 Å². The molecule has 9 heteroatoms. The van der Waals surface area contributed by atoms with Gasteiger partial charge in [-0.25, -0.2) is 15.0 Å². The molecule has 1 fully saturated rings. The molecule has 2 aromatic heterocycles. The van der Waals surface area contributed by atoms with Crippen LogP contribution in [0.15, 0.2) is 6.33 Å². The molecule has 4 unspecified atom stereocenters. The van der Waals surface area contributed by atoms with Crippen molar-refractivity contribution in [1.82, 2.24) is 19.5 Å². The fourth-order valence-corrected chi connectivity index (χ4v) is 3.09. The van der Waals surface area contributed by atoms with E-state index in [0.717, 1.165) is 0 Å². The second kappa shape index (κ2) is 6.36. The first kappa shape index (κ1) is 16.1. The fourth-order valence-electron chi connectivity index (χ4n) is 3.09. The molecule has 126 valence electrons. The smallest absolute Gasteiger partial charge is 0.167 e. The molecule has 3 heterocycles. The summed E-state index contributed by atoms with van der Waals surface area (Å²) in [5.74, 6) is 1.05. The molecule has 9 nitrogen and oxygen atoms in total. The summed E-state index contributed by atoms with van der Waals surface area (Å²) in [5, 5.41) is 0. The highest BCUT2D eigenvalue weighted by Gasteiger charge is 2.47. The zero-order valence-electron chi connectivity index (χ0n) is 13.6. The second-order valence-corrected chi connectivity index (χ2v) is 5.38. The van der Waals surface area contributed by atoms with Crippen LogP contribution in [0.4, 0.5) is 5.82 Å². The maximum absolute atomic E-state index is 6.13. The predicted octanol–water partition coefficient (Wildman–Crippen LogP) is 0.291. The molecule has 0 spiro atoms. The van der Waals surface area contributed by atoms with Crippen LogP contribution in [0.2, 0.25) is 0 Å². The van der Waals surface area contributed by atoms with Gasteiger partial charge in [0, 0.05) is 21.3 Å². The van der Waals surface area contributed by atoms with Gasteiger partial charge >= 0.3 is 0 Å². The number of methoxy groups -OCH3 is 3. The lowest BCUT2D eigenvalue weighted by atomic mass is 10.1. The van der Waals surface area contributed by atoms with Crippen LogP contribution in [0.3, 0.4) is 0 Å². The Morgan fingerprint density at radius 2 is 1.96 bits per heavy atom. The van der Waals surface area contributed by atoms with Gasteiger partial charge in [0.05, 0.1) is 6.61 Å². The molecule has 0 saturated carbocycles. The van der Waals surface area contributed by atoms with Crippen LogP contribution in [0.25, 0.3) is 11.2 Å². The molecule has 1 aliphatic heterocycles. The average Bonchev–Trinajstić information content (AvgIpc) is 3.05. The van der Waals surface area contributed by atoms with Gasteiger partial charge in [-0.15, -0.1) is 0 Å². The van der Waals surface area contributed by atoms with Crippen LogP contribution in [0, 0.1) is 6.92 Å². The van der Waals surface area contributed by atoms with Crippen molar-refractivity contribution < 1.29 is 18.9 Å². The van der Waals surface area contributed by atoms with E-state index in [-0.39, 0.29) is 18.3 Å². The lowest BCUT2D eigenvalue weighted by Crippen LogP contribution is -2.37. The first-order chi connectivity index (χ1) is 11.1. The molecule has 0 aliphatic carbocycles.